The molecule has 0 radical (unpaired) electrons. The van der Waals surface area contributed by atoms with Crippen molar-refractivity contribution in [2.75, 3.05) is 13.7 Å². The third-order valence-corrected chi connectivity index (χ3v) is 2.37. The first-order valence-corrected chi connectivity index (χ1v) is 5.51. The van der Waals surface area contributed by atoms with Gasteiger partial charge in [-0.15, -0.1) is 5.11 Å². The summed E-state index contributed by atoms with van der Waals surface area (Å²) in [4.78, 5) is 8.59. The molecule has 2 heterocycles. The van der Waals surface area contributed by atoms with Crippen LogP contribution in [0.3, 0.4) is 0 Å². The number of rotatable bonds is 4. The lowest BCUT2D eigenvalue weighted by molar-refractivity contribution is 0.269. The van der Waals surface area contributed by atoms with Gasteiger partial charge in [-0.2, -0.15) is 10.2 Å². The van der Waals surface area contributed by atoms with Gasteiger partial charge in [-0.05, 0) is 6.92 Å². The van der Waals surface area contributed by atoms with E-state index < -0.39 is 0 Å². The molecule has 0 amide bonds. The van der Waals surface area contributed by atoms with Crippen molar-refractivity contribution in [1.82, 2.24) is 19.7 Å². The smallest absolute Gasteiger partial charge is 0.195 e. The Kier molecular flexibility index (Phi) is 3.73. The van der Waals surface area contributed by atoms with Crippen LogP contribution in [0.15, 0.2) is 28.8 Å². The van der Waals surface area contributed by atoms with Crippen LogP contribution >= 0.6 is 0 Å². The van der Waals surface area contributed by atoms with Crippen LogP contribution in [0.25, 0.3) is 11.3 Å². The molecule has 0 atom stereocenters. The van der Waals surface area contributed by atoms with Crippen molar-refractivity contribution < 1.29 is 5.11 Å². The van der Waals surface area contributed by atoms with Crippen LogP contribution < -0.4 is 0 Å². The Morgan fingerprint density at radius 3 is 2.89 bits per heavy atom. The first kappa shape index (κ1) is 12.3. The fourth-order valence-electron chi connectivity index (χ4n) is 1.53. The molecule has 18 heavy (non-hydrogen) atoms. The molecule has 0 aliphatic heterocycles. The van der Waals surface area contributed by atoms with Gasteiger partial charge in [0.25, 0.3) is 0 Å². The predicted molar refractivity (Wildman–Crippen MR) is 65.5 cm³/mol. The summed E-state index contributed by atoms with van der Waals surface area (Å²) in [6.45, 7) is 2.36. The Bertz CT molecular complexity index is 562. The second kappa shape index (κ2) is 5.46. The summed E-state index contributed by atoms with van der Waals surface area (Å²) in [6, 6.07) is 0. The van der Waals surface area contributed by atoms with E-state index in [4.69, 9.17) is 5.11 Å². The number of aromatic nitrogens is 4. The highest BCUT2D eigenvalue weighted by molar-refractivity contribution is 5.57. The van der Waals surface area contributed by atoms with Crippen LogP contribution in [0.2, 0.25) is 0 Å². The van der Waals surface area contributed by atoms with Crippen molar-refractivity contribution in [2.45, 2.75) is 13.5 Å². The Balaban J connectivity index is 2.30. The summed E-state index contributed by atoms with van der Waals surface area (Å²) in [5.74, 6) is 0.518. The molecule has 0 aliphatic rings. The topological polar surface area (TPSA) is 88.5 Å². The van der Waals surface area contributed by atoms with Crippen LogP contribution in [0.1, 0.15) is 5.69 Å². The van der Waals surface area contributed by atoms with E-state index in [0.29, 0.717) is 18.1 Å². The van der Waals surface area contributed by atoms with Crippen LogP contribution in [-0.4, -0.2) is 38.5 Å². The molecule has 0 fully saturated rings. The molecule has 2 aromatic rings. The molecule has 0 aromatic carbocycles. The Labute approximate surface area is 104 Å². The molecular weight excluding hydrogens is 232 g/mol. The summed E-state index contributed by atoms with van der Waals surface area (Å²) in [5.41, 5.74) is 2.30. The van der Waals surface area contributed by atoms with Gasteiger partial charge in [0.15, 0.2) is 5.82 Å². The van der Waals surface area contributed by atoms with E-state index in [9.17, 15) is 0 Å². The maximum absolute atomic E-state index is 8.83. The maximum Gasteiger partial charge on any atom is 0.195 e. The normalized spacial score (nSPS) is 11.3. The highest BCUT2D eigenvalue weighted by Gasteiger charge is 2.07. The summed E-state index contributed by atoms with van der Waals surface area (Å²) in [5, 5.41) is 20.5. The lowest BCUT2D eigenvalue weighted by Crippen LogP contribution is -2.01. The predicted octanol–water partition coefficient (Wildman–Crippen LogP) is 1.35. The van der Waals surface area contributed by atoms with Crippen molar-refractivity contribution in [3.05, 3.63) is 24.3 Å². The van der Waals surface area contributed by atoms with Gasteiger partial charge in [0.1, 0.15) is 0 Å². The van der Waals surface area contributed by atoms with Crippen molar-refractivity contribution >= 4 is 5.82 Å². The molecule has 2 rings (SSSR count). The highest BCUT2D eigenvalue weighted by atomic mass is 16.3. The number of hydrogen-bond acceptors (Lipinski definition) is 6. The standard InChI is InChI=1S/C11H14N6O/c1-8-11(16-12-2)13-6-10(15-8)9-5-14-17(7-9)3-4-18/h5-7,18H,3-4H2,1-2H3. The van der Waals surface area contributed by atoms with Gasteiger partial charge in [0.05, 0.1) is 36.9 Å². The van der Waals surface area contributed by atoms with Crippen LogP contribution in [-0.2, 0) is 6.54 Å². The number of aryl methyl sites for hydroxylation is 1. The van der Waals surface area contributed by atoms with Crippen molar-refractivity contribution in [2.24, 2.45) is 10.2 Å². The summed E-state index contributed by atoms with van der Waals surface area (Å²) in [6.07, 6.45) is 5.15. The molecular formula is C11H14N6O. The molecule has 1 N–H and O–H groups in total. The Morgan fingerprint density at radius 1 is 1.39 bits per heavy atom. The van der Waals surface area contributed by atoms with E-state index >= 15 is 0 Å². The largest absolute Gasteiger partial charge is 0.394 e. The minimum Gasteiger partial charge on any atom is -0.394 e. The van der Waals surface area contributed by atoms with Gasteiger partial charge in [-0.25, -0.2) is 9.97 Å². The van der Waals surface area contributed by atoms with Crippen LogP contribution in [0, 0.1) is 6.92 Å². The second-order valence-corrected chi connectivity index (χ2v) is 3.68. The monoisotopic (exact) mass is 246 g/mol. The number of aliphatic hydroxyl groups is 1. The molecule has 0 saturated carbocycles. The molecule has 0 unspecified atom stereocenters. The fraction of sp³-hybridized carbons (Fsp3) is 0.364. The lowest BCUT2D eigenvalue weighted by atomic mass is 10.2. The van der Waals surface area contributed by atoms with Gasteiger partial charge in [0, 0.05) is 18.8 Å². The van der Waals surface area contributed by atoms with E-state index in [1.165, 1.54) is 0 Å². The Hall–Kier alpha value is -2.15. The molecule has 2 aromatic heterocycles. The molecule has 7 nitrogen and oxygen atoms in total. The van der Waals surface area contributed by atoms with Crippen molar-refractivity contribution in [3.63, 3.8) is 0 Å². The molecule has 94 valence electrons. The minimum absolute atomic E-state index is 0.0572. The minimum atomic E-state index is 0.0572. The second-order valence-electron chi connectivity index (χ2n) is 3.68. The van der Waals surface area contributed by atoms with Gasteiger partial charge >= 0.3 is 0 Å². The zero-order valence-corrected chi connectivity index (χ0v) is 10.3. The molecule has 0 aliphatic carbocycles. The van der Waals surface area contributed by atoms with Crippen molar-refractivity contribution in [1.29, 1.82) is 0 Å². The van der Waals surface area contributed by atoms with Crippen LogP contribution in [0.4, 0.5) is 5.82 Å². The summed E-state index contributed by atoms with van der Waals surface area (Å²) in [7, 11) is 1.59. The van der Waals surface area contributed by atoms with Gasteiger partial charge in [0.2, 0.25) is 0 Å². The highest BCUT2D eigenvalue weighted by Crippen LogP contribution is 2.20. The van der Waals surface area contributed by atoms with Crippen LogP contribution in [0.5, 0.6) is 0 Å². The van der Waals surface area contributed by atoms with E-state index in [2.05, 4.69) is 25.3 Å². The third-order valence-electron chi connectivity index (χ3n) is 2.37. The van der Waals surface area contributed by atoms with E-state index in [1.54, 1.807) is 24.1 Å². The Morgan fingerprint density at radius 2 is 2.22 bits per heavy atom. The number of nitrogens with zero attached hydrogens (tertiary/aromatic N) is 6. The first-order chi connectivity index (χ1) is 8.74. The maximum atomic E-state index is 8.83. The third kappa shape index (κ3) is 2.57. The average Bonchev–Trinajstić information content (AvgIpc) is 2.81. The fourth-order valence-corrected chi connectivity index (χ4v) is 1.53. The zero-order valence-electron chi connectivity index (χ0n) is 10.3. The van der Waals surface area contributed by atoms with Gasteiger partial charge in [-0.1, -0.05) is 0 Å². The summed E-state index contributed by atoms with van der Waals surface area (Å²) < 4.78 is 1.66. The molecule has 0 spiro atoms. The average molecular weight is 246 g/mol. The number of azo groups is 1. The SMILES string of the molecule is CN=Nc1ncc(-c2cnn(CCO)c2)nc1C. The van der Waals surface area contributed by atoms with E-state index in [1.807, 2.05) is 13.1 Å². The molecule has 0 saturated heterocycles. The molecule has 0 bridgehead atoms. The van der Waals surface area contributed by atoms with Crippen molar-refractivity contribution in [3.8, 4) is 11.3 Å². The van der Waals surface area contributed by atoms with Gasteiger partial charge < -0.3 is 5.11 Å². The van der Waals surface area contributed by atoms with E-state index in [0.717, 1.165) is 11.3 Å². The lowest BCUT2D eigenvalue weighted by Gasteiger charge is -2.00. The quantitative estimate of drug-likeness (QED) is 0.825. The zero-order chi connectivity index (χ0) is 13.0. The number of hydrogen-bond donors (Lipinski definition) is 1. The molecule has 7 heteroatoms. The van der Waals surface area contributed by atoms with E-state index in [-0.39, 0.29) is 6.61 Å². The van der Waals surface area contributed by atoms with Gasteiger partial charge in [-0.3, -0.25) is 4.68 Å². The first-order valence-electron chi connectivity index (χ1n) is 5.51. The number of aliphatic hydroxyl groups excluding tert-OH is 1. The summed E-state index contributed by atoms with van der Waals surface area (Å²) >= 11 is 0.